The summed E-state index contributed by atoms with van der Waals surface area (Å²) < 4.78 is 0. The van der Waals surface area contributed by atoms with Crippen LogP contribution < -0.4 is 0 Å². The van der Waals surface area contributed by atoms with Crippen LogP contribution in [-0.2, 0) is 0 Å². The molecule has 2 aromatic rings. The molecule has 0 fully saturated rings. The fourth-order valence-electron chi connectivity index (χ4n) is 5.10. The van der Waals surface area contributed by atoms with Gasteiger partial charge in [0.2, 0.25) is 0 Å². The van der Waals surface area contributed by atoms with E-state index in [1.165, 1.54) is 24.3 Å². The van der Waals surface area contributed by atoms with Gasteiger partial charge in [0.05, 0.1) is 24.5 Å². The minimum absolute atomic E-state index is 0.104. The summed E-state index contributed by atoms with van der Waals surface area (Å²) in [6.07, 6.45) is 3.11. The highest BCUT2D eigenvalue weighted by Gasteiger charge is 2.43. The Balaban J connectivity index is 1.88. The maximum absolute atomic E-state index is 13.5. The van der Waals surface area contributed by atoms with E-state index in [0.717, 1.165) is 22.2 Å². The van der Waals surface area contributed by atoms with Gasteiger partial charge < -0.3 is 10.4 Å². The smallest absolute Gasteiger partial charge is 0.262 e. The molecule has 0 aliphatic carbocycles. The first-order chi connectivity index (χ1) is 17.1. The largest absolute Gasteiger partial charge is 0.411 e. The van der Waals surface area contributed by atoms with E-state index in [4.69, 9.17) is 10.4 Å². The Bertz CT molecular complexity index is 1160. The van der Waals surface area contributed by atoms with Crippen LogP contribution in [0, 0.1) is 11.8 Å². The van der Waals surface area contributed by atoms with Crippen molar-refractivity contribution < 1.29 is 29.6 Å². The van der Waals surface area contributed by atoms with E-state index >= 15 is 0 Å². The molecule has 0 saturated carbocycles. The standard InChI is InChI=1S/C26H28N4O6/c1-13(2)9-15(11-27-35)29-23(31)17-5-7-19-22-20(8-6-18(21(17)22)24(29)32)26(34)30(25(19)33)16(12-28-36)10-14(3)4/h5-8,11-16,35-36H,9-10H2,1-4H3/b27-11+,28-12+/t15-,16-/m0/s1. The SMILES string of the molecule is CC(C)C[C@@H](/C=N/O)N1C(=O)c2ccc3c4c(ccc(c24)C1=O)C(=O)N([C@H](/C=N/O)CC(C)C)C3=O. The average molecular weight is 493 g/mol. The summed E-state index contributed by atoms with van der Waals surface area (Å²) in [5.41, 5.74) is 0.759. The zero-order valence-electron chi connectivity index (χ0n) is 20.5. The van der Waals surface area contributed by atoms with Crippen molar-refractivity contribution in [3.63, 3.8) is 0 Å². The first kappa shape index (κ1) is 25.0. The van der Waals surface area contributed by atoms with Crippen LogP contribution in [0.5, 0.6) is 0 Å². The lowest BCUT2D eigenvalue weighted by Gasteiger charge is -2.36. The number of carbonyl (C=O) groups is 4. The summed E-state index contributed by atoms with van der Waals surface area (Å²) in [4.78, 5) is 56.2. The van der Waals surface area contributed by atoms with E-state index < -0.39 is 35.7 Å². The van der Waals surface area contributed by atoms with E-state index in [1.807, 2.05) is 27.7 Å². The number of amides is 4. The third-order valence-corrected chi connectivity index (χ3v) is 6.52. The Hall–Kier alpha value is -4.08. The molecule has 0 unspecified atom stereocenters. The zero-order chi connectivity index (χ0) is 26.3. The van der Waals surface area contributed by atoms with Gasteiger partial charge in [0.25, 0.3) is 23.6 Å². The molecule has 0 radical (unpaired) electrons. The van der Waals surface area contributed by atoms with E-state index in [0.29, 0.717) is 12.8 Å². The van der Waals surface area contributed by atoms with Crippen molar-refractivity contribution in [2.75, 3.05) is 0 Å². The molecular formula is C26H28N4O6. The van der Waals surface area contributed by atoms with Crippen molar-refractivity contribution in [3.05, 3.63) is 46.5 Å². The van der Waals surface area contributed by atoms with Crippen molar-refractivity contribution in [1.29, 1.82) is 0 Å². The number of carbonyl (C=O) groups excluding carboxylic acids is 4. The number of nitrogens with zero attached hydrogens (tertiary/aromatic N) is 4. The van der Waals surface area contributed by atoms with Gasteiger partial charge in [-0.15, -0.1) is 0 Å². The number of oxime groups is 2. The molecule has 10 nitrogen and oxygen atoms in total. The van der Waals surface area contributed by atoms with E-state index in [9.17, 15) is 19.2 Å². The van der Waals surface area contributed by atoms with Gasteiger partial charge in [-0.2, -0.15) is 0 Å². The van der Waals surface area contributed by atoms with Crippen molar-refractivity contribution in [1.82, 2.24) is 9.80 Å². The Morgan fingerprint density at radius 1 is 0.639 bits per heavy atom. The van der Waals surface area contributed by atoms with Crippen LogP contribution in [-0.4, -0.2) is 68.4 Å². The monoisotopic (exact) mass is 492 g/mol. The Morgan fingerprint density at radius 2 is 0.917 bits per heavy atom. The summed E-state index contributed by atoms with van der Waals surface area (Å²) >= 11 is 0. The Morgan fingerprint density at radius 3 is 1.14 bits per heavy atom. The molecule has 0 spiro atoms. The highest BCUT2D eigenvalue weighted by atomic mass is 16.4. The number of hydrogen-bond donors (Lipinski definition) is 2. The summed E-state index contributed by atoms with van der Waals surface area (Å²) in [5.74, 6) is -2.15. The summed E-state index contributed by atoms with van der Waals surface area (Å²) in [6, 6.07) is 4.41. The molecule has 0 aromatic heterocycles. The number of rotatable bonds is 8. The molecular weight excluding hydrogens is 464 g/mol. The highest BCUT2D eigenvalue weighted by Crippen LogP contribution is 2.39. The zero-order valence-corrected chi connectivity index (χ0v) is 20.5. The van der Waals surface area contributed by atoms with Crippen LogP contribution in [0.2, 0.25) is 0 Å². The molecule has 188 valence electrons. The highest BCUT2D eigenvalue weighted by molar-refractivity contribution is 6.33. The van der Waals surface area contributed by atoms with Crippen LogP contribution in [0.4, 0.5) is 0 Å². The molecule has 2 N–H and O–H groups in total. The molecule has 4 amide bonds. The molecule has 2 heterocycles. The first-order valence-electron chi connectivity index (χ1n) is 11.8. The molecule has 2 aliphatic heterocycles. The lowest BCUT2D eigenvalue weighted by Crippen LogP contribution is -2.50. The van der Waals surface area contributed by atoms with Crippen LogP contribution in [0.15, 0.2) is 34.6 Å². The molecule has 4 rings (SSSR count). The lowest BCUT2D eigenvalue weighted by atomic mass is 9.84. The third kappa shape index (κ3) is 3.92. The van der Waals surface area contributed by atoms with E-state index in [-0.39, 0.29) is 44.9 Å². The van der Waals surface area contributed by atoms with Crippen LogP contribution >= 0.6 is 0 Å². The van der Waals surface area contributed by atoms with Gasteiger partial charge in [0.1, 0.15) is 0 Å². The predicted molar refractivity (Wildman–Crippen MR) is 132 cm³/mol. The fraction of sp³-hybridized carbons (Fsp3) is 0.385. The molecule has 10 heteroatoms. The van der Waals surface area contributed by atoms with Gasteiger partial charge in [-0.25, -0.2) is 0 Å². The van der Waals surface area contributed by atoms with Crippen molar-refractivity contribution >= 4 is 46.8 Å². The first-order valence-corrected chi connectivity index (χ1v) is 11.8. The van der Waals surface area contributed by atoms with Gasteiger partial charge in [-0.1, -0.05) is 38.0 Å². The van der Waals surface area contributed by atoms with E-state index in [2.05, 4.69) is 10.3 Å². The normalized spacial score (nSPS) is 17.5. The van der Waals surface area contributed by atoms with Crippen LogP contribution in [0.25, 0.3) is 10.8 Å². The summed E-state index contributed by atoms with van der Waals surface area (Å²) in [6.45, 7) is 7.70. The number of benzene rings is 2. The maximum Gasteiger partial charge on any atom is 0.262 e. The molecule has 36 heavy (non-hydrogen) atoms. The van der Waals surface area contributed by atoms with Gasteiger partial charge in [-0.3, -0.25) is 29.0 Å². The maximum atomic E-state index is 13.5. The number of imide groups is 2. The fourth-order valence-corrected chi connectivity index (χ4v) is 5.10. The van der Waals surface area contributed by atoms with Crippen LogP contribution in [0.1, 0.15) is 82.0 Å². The van der Waals surface area contributed by atoms with Crippen molar-refractivity contribution in [3.8, 4) is 0 Å². The minimum atomic E-state index is -0.765. The van der Waals surface area contributed by atoms with E-state index in [1.54, 1.807) is 0 Å². The Kier molecular flexibility index (Phi) is 6.62. The topological polar surface area (TPSA) is 140 Å². The second-order valence-corrected chi connectivity index (χ2v) is 9.95. The van der Waals surface area contributed by atoms with Crippen molar-refractivity contribution in [2.45, 2.75) is 52.6 Å². The van der Waals surface area contributed by atoms with Gasteiger partial charge in [0.15, 0.2) is 0 Å². The molecule has 2 atom stereocenters. The van der Waals surface area contributed by atoms with Gasteiger partial charge in [-0.05, 0) is 48.9 Å². The second-order valence-electron chi connectivity index (χ2n) is 9.95. The average Bonchev–Trinajstić information content (AvgIpc) is 2.80. The number of hydrogen-bond acceptors (Lipinski definition) is 8. The molecule has 2 aromatic carbocycles. The minimum Gasteiger partial charge on any atom is -0.411 e. The molecule has 0 saturated heterocycles. The predicted octanol–water partition coefficient (Wildman–Crippen LogP) is 3.78. The van der Waals surface area contributed by atoms with Crippen molar-refractivity contribution in [2.24, 2.45) is 22.1 Å². The Labute approximate surface area is 207 Å². The summed E-state index contributed by atoms with van der Waals surface area (Å²) in [5, 5.41) is 25.0. The van der Waals surface area contributed by atoms with Gasteiger partial charge in [0, 0.05) is 33.0 Å². The third-order valence-electron chi connectivity index (χ3n) is 6.52. The molecule has 0 bridgehead atoms. The molecule has 2 aliphatic rings. The van der Waals surface area contributed by atoms with Crippen LogP contribution in [0.3, 0.4) is 0 Å². The summed E-state index contributed by atoms with van der Waals surface area (Å²) in [7, 11) is 0. The lowest BCUT2D eigenvalue weighted by molar-refractivity contribution is 0.0548. The van der Waals surface area contributed by atoms with Gasteiger partial charge >= 0.3 is 0 Å². The quantitative estimate of drug-likeness (QED) is 0.249. The second kappa shape index (κ2) is 9.52.